The van der Waals surface area contributed by atoms with E-state index in [4.69, 9.17) is 4.42 Å². The second-order valence-electron chi connectivity index (χ2n) is 6.32. The van der Waals surface area contributed by atoms with E-state index in [0.29, 0.717) is 11.3 Å². The van der Waals surface area contributed by atoms with Gasteiger partial charge in [-0.3, -0.25) is 4.79 Å². The van der Waals surface area contributed by atoms with Crippen molar-refractivity contribution in [1.29, 1.82) is 0 Å². The molecule has 0 aliphatic rings. The van der Waals surface area contributed by atoms with E-state index in [9.17, 15) is 18.0 Å². The van der Waals surface area contributed by atoms with Crippen LogP contribution in [0, 0.1) is 13.8 Å². The van der Waals surface area contributed by atoms with Crippen molar-refractivity contribution >= 4 is 5.91 Å². The molecule has 0 saturated heterocycles. The normalized spacial score (nSPS) is 12.3. The number of furan rings is 1. The minimum Gasteiger partial charge on any atom is -0.466 e. The zero-order valence-electron chi connectivity index (χ0n) is 14.0. The van der Waals surface area contributed by atoms with Gasteiger partial charge in [0.25, 0.3) is 0 Å². The van der Waals surface area contributed by atoms with Crippen LogP contribution in [0.1, 0.15) is 42.1 Å². The Morgan fingerprint density at radius 2 is 1.75 bits per heavy atom. The molecule has 1 amide bonds. The maximum atomic E-state index is 12.9. The Bertz CT molecular complexity index is 745. The molecule has 0 bridgehead atoms. The molecule has 0 atom stereocenters. The lowest BCUT2D eigenvalue weighted by atomic mass is 9.83. The Labute approximate surface area is 138 Å². The van der Waals surface area contributed by atoms with E-state index in [1.165, 1.54) is 12.1 Å². The molecular formula is C18H20F3NO2. The first kappa shape index (κ1) is 18.1. The van der Waals surface area contributed by atoms with Crippen molar-refractivity contribution < 1.29 is 22.4 Å². The van der Waals surface area contributed by atoms with Crippen molar-refractivity contribution in [3.63, 3.8) is 0 Å². The molecule has 0 fully saturated rings. The predicted octanol–water partition coefficient (Wildman–Crippen LogP) is 4.51. The molecule has 3 nitrogen and oxygen atoms in total. The molecular weight excluding hydrogens is 319 g/mol. The highest BCUT2D eigenvalue weighted by Crippen LogP contribution is 2.33. The fourth-order valence-electron chi connectivity index (χ4n) is 2.47. The number of benzene rings is 1. The monoisotopic (exact) mass is 339 g/mol. The molecule has 0 aliphatic carbocycles. The van der Waals surface area contributed by atoms with E-state index in [-0.39, 0.29) is 12.5 Å². The lowest BCUT2D eigenvalue weighted by Crippen LogP contribution is -2.39. The highest BCUT2D eigenvalue weighted by atomic mass is 19.4. The number of carbonyl (C=O) groups excluding carboxylic acids is 1. The van der Waals surface area contributed by atoms with Crippen LogP contribution in [0.2, 0.25) is 0 Å². The van der Waals surface area contributed by atoms with Gasteiger partial charge in [0, 0.05) is 12.1 Å². The minimum atomic E-state index is -4.44. The highest BCUT2D eigenvalue weighted by Gasteiger charge is 2.34. The Morgan fingerprint density at radius 3 is 2.29 bits per heavy atom. The lowest BCUT2D eigenvalue weighted by molar-refractivity contribution is -0.138. The van der Waals surface area contributed by atoms with Gasteiger partial charge >= 0.3 is 6.18 Å². The average Bonchev–Trinajstić information content (AvgIpc) is 2.81. The number of rotatable bonds is 4. The molecule has 2 rings (SSSR count). The van der Waals surface area contributed by atoms with Crippen molar-refractivity contribution in [3.8, 4) is 0 Å². The molecule has 1 N–H and O–H groups in total. The van der Waals surface area contributed by atoms with Crippen LogP contribution < -0.4 is 5.32 Å². The second-order valence-corrected chi connectivity index (χ2v) is 6.32. The smallest absolute Gasteiger partial charge is 0.416 e. The fraction of sp³-hybridized carbons (Fsp3) is 0.389. The summed E-state index contributed by atoms with van der Waals surface area (Å²) in [5.41, 5.74) is -0.689. The first-order chi connectivity index (χ1) is 11.0. The van der Waals surface area contributed by atoms with Crippen molar-refractivity contribution in [2.75, 3.05) is 0 Å². The van der Waals surface area contributed by atoms with Gasteiger partial charge in [-0.05, 0) is 45.4 Å². The Kier molecular flexibility index (Phi) is 4.78. The van der Waals surface area contributed by atoms with E-state index < -0.39 is 17.2 Å². The molecule has 0 spiro atoms. The number of aryl methyl sites for hydroxylation is 2. The summed E-state index contributed by atoms with van der Waals surface area (Å²) in [6, 6.07) is 6.69. The summed E-state index contributed by atoms with van der Waals surface area (Å²) < 4.78 is 44.0. The standard InChI is InChI=1S/C18H20F3NO2/c1-11-8-13(12(2)24-11)10-22-16(23)17(3,4)14-6-5-7-15(9-14)18(19,20)21/h5-9H,10H2,1-4H3,(H,22,23). The van der Waals surface area contributed by atoms with E-state index >= 15 is 0 Å². The van der Waals surface area contributed by atoms with Gasteiger partial charge in [-0.25, -0.2) is 0 Å². The quantitative estimate of drug-likeness (QED) is 0.890. The largest absolute Gasteiger partial charge is 0.466 e. The van der Waals surface area contributed by atoms with Crippen LogP contribution in [0.25, 0.3) is 0 Å². The van der Waals surface area contributed by atoms with Gasteiger partial charge in [0.1, 0.15) is 11.5 Å². The van der Waals surface area contributed by atoms with Crippen molar-refractivity contribution in [1.82, 2.24) is 5.32 Å². The highest BCUT2D eigenvalue weighted by molar-refractivity contribution is 5.87. The summed E-state index contributed by atoms with van der Waals surface area (Å²) in [5, 5.41) is 2.77. The molecule has 24 heavy (non-hydrogen) atoms. The predicted molar refractivity (Wildman–Crippen MR) is 84.5 cm³/mol. The Hall–Kier alpha value is -2.24. The van der Waals surface area contributed by atoms with Gasteiger partial charge in [0.05, 0.1) is 11.0 Å². The summed E-state index contributed by atoms with van der Waals surface area (Å²) >= 11 is 0. The molecule has 1 heterocycles. The molecule has 0 radical (unpaired) electrons. The van der Waals surface area contributed by atoms with E-state index in [2.05, 4.69) is 5.32 Å². The number of carbonyl (C=O) groups is 1. The topological polar surface area (TPSA) is 42.2 Å². The fourth-order valence-corrected chi connectivity index (χ4v) is 2.47. The SMILES string of the molecule is Cc1cc(CNC(=O)C(C)(C)c2cccc(C(F)(F)F)c2)c(C)o1. The first-order valence-corrected chi connectivity index (χ1v) is 7.54. The van der Waals surface area contributed by atoms with Crippen LogP contribution in [-0.4, -0.2) is 5.91 Å². The number of amides is 1. The van der Waals surface area contributed by atoms with Crippen LogP contribution in [0.4, 0.5) is 13.2 Å². The minimum absolute atomic E-state index is 0.268. The number of halogens is 3. The van der Waals surface area contributed by atoms with Gasteiger partial charge in [0.2, 0.25) is 5.91 Å². The van der Waals surface area contributed by atoms with Crippen LogP contribution in [0.5, 0.6) is 0 Å². The summed E-state index contributed by atoms with van der Waals surface area (Å²) in [6.45, 7) is 7.08. The van der Waals surface area contributed by atoms with E-state index in [1.807, 2.05) is 13.0 Å². The third-order valence-electron chi connectivity index (χ3n) is 4.06. The van der Waals surface area contributed by atoms with Gasteiger partial charge in [-0.1, -0.05) is 18.2 Å². The van der Waals surface area contributed by atoms with Crippen LogP contribution in [-0.2, 0) is 22.9 Å². The van der Waals surface area contributed by atoms with E-state index in [1.54, 1.807) is 20.8 Å². The molecule has 1 aromatic carbocycles. The Morgan fingerprint density at radius 1 is 1.12 bits per heavy atom. The van der Waals surface area contributed by atoms with Gasteiger partial charge in [-0.15, -0.1) is 0 Å². The zero-order valence-corrected chi connectivity index (χ0v) is 14.0. The summed E-state index contributed by atoms with van der Waals surface area (Å²) in [6.07, 6.45) is -4.44. The maximum absolute atomic E-state index is 12.9. The van der Waals surface area contributed by atoms with E-state index in [0.717, 1.165) is 23.5 Å². The number of alkyl halides is 3. The summed E-state index contributed by atoms with van der Waals surface area (Å²) in [4.78, 5) is 12.5. The lowest BCUT2D eigenvalue weighted by Gasteiger charge is -2.25. The summed E-state index contributed by atoms with van der Waals surface area (Å²) in [7, 11) is 0. The van der Waals surface area contributed by atoms with Crippen molar-refractivity contribution in [2.45, 2.75) is 45.8 Å². The van der Waals surface area contributed by atoms with Gasteiger partial charge in [-0.2, -0.15) is 13.2 Å². The molecule has 0 aliphatic heterocycles. The average molecular weight is 339 g/mol. The first-order valence-electron chi connectivity index (χ1n) is 7.54. The zero-order chi connectivity index (χ0) is 18.1. The second kappa shape index (κ2) is 6.34. The third kappa shape index (κ3) is 3.80. The molecule has 1 aromatic heterocycles. The maximum Gasteiger partial charge on any atom is 0.416 e. The Balaban J connectivity index is 2.17. The number of nitrogens with one attached hydrogen (secondary N) is 1. The van der Waals surface area contributed by atoms with Gasteiger partial charge < -0.3 is 9.73 Å². The summed E-state index contributed by atoms with van der Waals surface area (Å²) in [5.74, 6) is 1.11. The van der Waals surface area contributed by atoms with Crippen LogP contribution in [0.3, 0.4) is 0 Å². The van der Waals surface area contributed by atoms with Crippen molar-refractivity contribution in [3.05, 3.63) is 58.5 Å². The number of hydrogen-bond acceptors (Lipinski definition) is 2. The molecule has 0 unspecified atom stereocenters. The van der Waals surface area contributed by atoms with Gasteiger partial charge in [0.15, 0.2) is 0 Å². The molecule has 0 saturated carbocycles. The third-order valence-corrected chi connectivity index (χ3v) is 4.06. The van der Waals surface area contributed by atoms with Crippen LogP contribution in [0.15, 0.2) is 34.7 Å². The molecule has 130 valence electrons. The molecule has 6 heteroatoms. The van der Waals surface area contributed by atoms with Crippen molar-refractivity contribution in [2.24, 2.45) is 0 Å². The molecule has 2 aromatic rings. The van der Waals surface area contributed by atoms with Crippen LogP contribution >= 0.6 is 0 Å². The number of hydrogen-bond donors (Lipinski definition) is 1.